The van der Waals surface area contributed by atoms with Gasteiger partial charge in [0.15, 0.2) is 0 Å². The predicted octanol–water partition coefficient (Wildman–Crippen LogP) is 4.48. The second kappa shape index (κ2) is 7.76. The van der Waals surface area contributed by atoms with Gasteiger partial charge in [0.1, 0.15) is 0 Å². The molecule has 0 radical (unpaired) electrons. The third-order valence-electron chi connectivity index (χ3n) is 2.26. The summed E-state index contributed by atoms with van der Waals surface area (Å²) in [5.74, 6) is 0. The average Bonchev–Trinajstić information content (AvgIpc) is 2.43. The molecule has 0 saturated heterocycles. The minimum Gasteiger partial charge on any atom is -0.278 e. The zero-order valence-corrected chi connectivity index (χ0v) is 11.8. The number of hydrogen-bond acceptors (Lipinski definition) is 4. The van der Waals surface area contributed by atoms with E-state index in [1.165, 1.54) is 17.7 Å². The van der Waals surface area contributed by atoms with E-state index in [2.05, 4.69) is 10.5 Å². The first-order chi connectivity index (χ1) is 9.08. The summed E-state index contributed by atoms with van der Waals surface area (Å²) in [6.07, 6.45) is 1.56. The van der Waals surface area contributed by atoms with Gasteiger partial charge in [-0.25, -0.2) is 0 Å². The first-order valence-electron chi connectivity index (χ1n) is 5.61. The van der Waals surface area contributed by atoms with Crippen LogP contribution in [0.5, 0.6) is 0 Å². The third kappa shape index (κ3) is 4.89. The smallest absolute Gasteiger partial charge is 0.269 e. The lowest BCUT2D eigenvalue weighted by molar-refractivity contribution is -0.384. The molecule has 7 heteroatoms. The van der Waals surface area contributed by atoms with Gasteiger partial charge in [0, 0.05) is 17.7 Å². The molecule has 0 aliphatic rings. The lowest BCUT2D eigenvalue weighted by Gasteiger charge is -2.05. The summed E-state index contributed by atoms with van der Waals surface area (Å²) in [4.78, 5) is 10.1. The second-order valence-electron chi connectivity index (χ2n) is 3.68. The van der Waals surface area contributed by atoms with Crippen molar-refractivity contribution in [3.63, 3.8) is 0 Å². The quantitative estimate of drug-likeness (QED) is 0.478. The zero-order chi connectivity index (χ0) is 14.3. The summed E-state index contributed by atoms with van der Waals surface area (Å²) in [5.41, 5.74) is 5.35. The molecule has 0 spiro atoms. The first-order valence-corrected chi connectivity index (χ1v) is 6.43. The molecule has 0 saturated carbocycles. The van der Waals surface area contributed by atoms with E-state index in [0.29, 0.717) is 22.9 Å². The molecule has 0 heterocycles. The monoisotopic (exact) mass is 301 g/mol. The zero-order valence-electron chi connectivity index (χ0n) is 10.3. The van der Waals surface area contributed by atoms with Gasteiger partial charge >= 0.3 is 0 Å². The van der Waals surface area contributed by atoms with E-state index < -0.39 is 4.92 Å². The SMILES string of the molecule is CCCC(=NNc1ccc([N+](=O)[O-])cc1)C(Cl)=CCl. The van der Waals surface area contributed by atoms with Crippen molar-refractivity contribution in [2.45, 2.75) is 19.8 Å². The Morgan fingerprint density at radius 1 is 1.47 bits per heavy atom. The summed E-state index contributed by atoms with van der Waals surface area (Å²) >= 11 is 11.5. The van der Waals surface area contributed by atoms with Crippen molar-refractivity contribution in [2.24, 2.45) is 5.10 Å². The van der Waals surface area contributed by atoms with Crippen LogP contribution in [0.1, 0.15) is 19.8 Å². The van der Waals surface area contributed by atoms with E-state index in [1.54, 1.807) is 12.1 Å². The van der Waals surface area contributed by atoms with Crippen LogP contribution in [0.4, 0.5) is 11.4 Å². The Balaban J connectivity index is 2.80. The molecule has 0 aromatic heterocycles. The average molecular weight is 302 g/mol. The van der Waals surface area contributed by atoms with E-state index in [9.17, 15) is 10.1 Å². The van der Waals surface area contributed by atoms with Gasteiger partial charge in [-0.2, -0.15) is 5.10 Å². The number of anilines is 1. The van der Waals surface area contributed by atoms with Crippen molar-refractivity contribution < 1.29 is 4.92 Å². The first kappa shape index (κ1) is 15.5. The van der Waals surface area contributed by atoms with Crippen molar-refractivity contribution in [2.75, 3.05) is 5.43 Å². The van der Waals surface area contributed by atoms with Gasteiger partial charge in [-0.15, -0.1) is 0 Å². The summed E-state index contributed by atoms with van der Waals surface area (Å²) < 4.78 is 0. The maximum absolute atomic E-state index is 10.5. The Kier molecular flexibility index (Phi) is 6.32. The number of benzene rings is 1. The van der Waals surface area contributed by atoms with Crippen molar-refractivity contribution in [1.29, 1.82) is 0 Å². The normalized spacial score (nSPS) is 12.4. The number of nitro benzene ring substituents is 1. The summed E-state index contributed by atoms with van der Waals surface area (Å²) in [6, 6.07) is 5.94. The predicted molar refractivity (Wildman–Crippen MR) is 78.9 cm³/mol. The number of non-ortho nitro benzene ring substituents is 1. The van der Waals surface area contributed by atoms with E-state index in [1.807, 2.05) is 6.92 Å². The van der Waals surface area contributed by atoms with Crippen LogP contribution in [-0.2, 0) is 0 Å². The van der Waals surface area contributed by atoms with Gasteiger partial charge in [-0.3, -0.25) is 15.5 Å². The molecule has 0 aliphatic heterocycles. The standard InChI is InChI=1S/C12H13Cl2N3O2/c1-2-3-12(11(14)8-13)16-15-9-4-6-10(7-5-9)17(18)19/h4-8,15H,2-3H2,1H3. The van der Waals surface area contributed by atoms with E-state index in [4.69, 9.17) is 23.2 Å². The van der Waals surface area contributed by atoms with Gasteiger partial charge in [-0.05, 0) is 18.6 Å². The molecule has 19 heavy (non-hydrogen) atoms. The Morgan fingerprint density at radius 2 is 2.11 bits per heavy atom. The van der Waals surface area contributed by atoms with E-state index >= 15 is 0 Å². The molecule has 0 atom stereocenters. The lowest BCUT2D eigenvalue weighted by atomic mass is 10.2. The maximum Gasteiger partial charge on any atom is 0.269 e. The molecule has 1 aromatic rings. The Morgan fingerprint density at radius 3 is 2.58 bits per heavy atom. The fraction of sp³-hybridized carbons (Fsp3) is 0.250. The molecular weight excluding hydrogens is 289 g/mol. The van der Waals surface area contributed by atoms with Crippen LogP contribution in [0.25, 0.3) is 0 Å². The highest BCUT2D eigenvalue weighted by Gasteiger charge is 2.05. The van der Waals surface area contributed by atoms with Crippen molar-refractivity contribution in [1.82, 2.24) is 0 Å². The molecule has 1 rings (SSSR count). The highest BCUT2D eigenvalue weighted by Crippen LogP contribution is 2.16. The highest BCUT2D eigenvalue weighted by molar-refractivity contribution is 6.47. The van der Waals surface area contributed by atoms with Crippen LogP contribution in [-0.4, -0.2) is 10.6 Å². The van der Waals surface area contributed by atoms with Gasteiger partial charge in [0.25, 0.3) is 5.69 Å². The number of halogens is 2. The summed E-state index contributed by atoms with van der Waals surface area (Å²) in [5, 5.41) is 15.0. The Hall–Kier alpha value is -1.59. The lowest BCUT2D eigenvalue weighted by Crippen LogP contribution is -2.02. The minimum absolute atomic E-state index is 0.0296. The van der Waals surface area contributed by atoms with Crippen molar-refractivity contribution >= 4 is 40.3 Å². The van der Waals surface area contributed by atoms with Gasteiger partial charge < -0.3 is 0 Å². The number of nitro groups is 1. The van der Waals surface area contributed by atoms with E-state index in [0.717, 1.165) is 6.42 Å². The summed E-state index contributed by atoms with van der Waals surface area (Å²) in [6.45, 7) is 2.00. The second-order valence-corrected chi connectivity index (χ2v) is 4.31. The number of nitrogens with zero attached hydrogens (tertiary/aromatic N) is 2. The Labute approximate surface area is 121 Å². The van der Waals surface area contributed by atoms with Gasteiger partial charge in [-0.1, -0.05) is 36.5 Å². The van der Waals surface area contributed by atoms with Crippen LogP contribution in [0.3, 0.4) is 0 Å². The van der Waals surface area contributed by atoms with Gasteiger partial charge in [0.05, 0.1) is 21.4 Å². The van der Waals surface area contributed by atoms with Crippen LogP contribution < -0.4 is 5.43 Å². The molecular formula is C12H13Cl2N3O2. The molecule has 1 N–H and O–H groups in total. The third-order valence-corrected chi connectivity index (χ3v) is 2.91. The fourth-order valence-corrected chi connectivity index (χ4v) is 1.58. The molecule has 0 unspecified atom stereocenters. The van der Waals surface area contributed by atoms with Crippen molar-refractivity contribution in [3.8, 4) is 0 Å². The number of nitrogens with one attached hydrogen (secondary N) is 1. The summed E-state index contributed by atoms with van der Waals surface area (Å²) in [7, 11) is 0. The maximum atomic E-state index is 10.5. The van der Waals surface area contributed by atoms with Crippen LogP contribution in [0, 0.1) is 10.1 Å². The molecule has 0 amide bonds. The van der Waals surface area contributed by atoms with Crippen LogP contribution in [0.2, 0.25) is 0 Å². The fourth-order valence-electron chi connectivity index (χ4n) is 1.32. The molecule has 0 fully saturated rings. The number of allylic oxidation sites excluding steroid dienone is 1. The Bertz CT molecular complexity index is 498. The number of hydrazone groups is 1. The number of hydrogen-bond donors (Lipinski definition) is 1. The molecule has 102 valence electrons. The number of rotatable bonds is 6. The topological polar surface area (TPSA) is 67.5 Å². The van der Waals surface area contributed by atoms with E-state index in [-0.39, 0.29) is 5.69 Å². The van der Waals surface area contributed by atoms with Gasteiger partial charge in [0.2, 0.25) is 0 Å². The van der Waals surface area contributed by atoms with Crippen molar-refractivity contribution in [3.05, 3.63) is 44.9 Å². The molecule has 1 aromatic carbocycles. The van der Waals surface area contributed by atoms with Crippen LogP contribution in [0.15, 0.2) is 39.9 Å². The molecule has 0 bridgehead atoms. The molecule has 5 nitrogen and oxygen atoms in total. The molecule has 0 aliphatic carbocycles. The minimum atomic E-state index is -0.456. The highest BCUT2D eigenvalue weighted by atomic mass is 35.5. The van der Waals surface area contributed by atoms with Crippen LogP contribution >= 0.6 is 23.2 Å². The largest absolute Gasteiger partial charge is 0.278 e.